The molecule has 0 aliphatic carbocycles. The predicted octanol–water partition coefficient (Wildman–Crippen LogP) is 2.25. The Balaban J connectivity index is 2.97. The molecule has 4 heteroatoms. The summed E-state index contributed by atoms with van der Waals surface area (Å²) in [5.74, 6) is -0.349. The highest BCUT2D eigenvalue weighted by atomic mass is 79.9. The van der Waals surface area contributed by atoms with Crippen LogP contribution in [0.5, 0.6) is 0 Å². The summed E-state index contributed by atoms with van der Waals surface area (Å²) in [6.07, 6.45) is 2.22. The van der Waals surface area contributed by atoms with Gasteiger partial charge in [0, 0.05) is 11.8 Å². The lowest BCUT2D eigenvalue weighted by Gasteiger charge is -1.92. The molecule has 0 N–H and O–H groups in total. The Bertz CT molecular complexity index is 87.0. The first-order valence-corrected chi connectivity index (χ1v) is 4.11. The summed E-state index contributed by atoms with van der Waals surface area (Å²) in [6, 6.07) is 0. The van der Waals surface area contributed by atoms with Crippen LogP contribution in [0.25, 0.3) is 0 Å². The molecule has 54 valence electrons. The fourth-order valence-corrected chi connectivity index (χ4v) is 0.876. The number of hydrogen-bond donors (Lipinski definition) is 0. The molecule has 0 atom stereocenters. The molecular formula is C5H8BrClO2. The van der Waals surface area contributed by atoms with Crippen molar-refractivity contribution in [1.82, 2.24) is 0 Å². The number of rotatable bonds is 4. The smallest absolute Gasteiger partial charge is 0.324 e. The van der Waals surface area contributed by atoms with Crippen LogP contribution in [0.3, 0.4) is 0 Å². The molecule has 0 fully saturated rings. The third-order valence-electron chi connectivity index (χ3n) is 0.851. The average molecular weight is 215 g/mol. The number of alkyl halides is 1. The lowest BCUT2D eigenvalue weighted by molar-refractivity contribution is -0.134. The minimum Gasteiger partial charge on any atom is -0.348 e. The second-order valence-electron chi connectivity index (χ2n) is 1.60. The maximum Gasteiger partial charge on any atom is 0.324 e. The molecule has 0 aliphatic rings. The van der Waals surface area contributed by atoms with E-state index in [1.54, 1.807) is 0 Å². The van der Waals surface area contributed by atoms with Crippen molar-refractivity contribution in [2.24, 2.45) is 0 Å². The second-order valence-corrected chi connectivity index (χ2v) is 2.54. The lowest BCUT2D eigenvalue weighted by atomic mass is 10.3. The topological polar surface area (TPSA) is 26.3 Å². The van der Waals surface area contributed by atoms with Crippen molar-refractivity contribution in [1.29, 1.82) is 0 Å². The standard InChI is InChI=1S/C5H8BrClO2/c6-4-2-1-3-5(8)9-7/h1-4H2. The molecule has 2 nitrogen and oxygen atoms in total. The van der Waals surface area contributed by atoms with Gasteiger partial charge in [0.25, 0.3) is 0 Å². The summed E-state index contributed by atoms with van der Waals surface area (Å²) >= 11 is 8.01. The summed E-state index contributed by atoms with van der Waals surface area (Å²) in [5.41, 5.74) is 0. The highest BCUT2D eigenvalue weighted by Gasteiger charge is 1.98. The van der Waals surface area contributed by atoms with Crippen molar-refractivity contribution >= 4 is 33.8 Å². The van der Waals surface area contributed by atoms with E-state index >= 15 is 0 Å². The van der Waals surface area contributed by atoms with Gasteiger partial charge in [0.15, 0.2) is 0 Å². The molecule has 0 bridgehead atoms. The fraction of sp³-hybridized carbons (Fsp3) is 0.800. The Labute approximate surface area is 67.8 Å². The third kappa shape index (κ3) is 6.12. The van der Waals surface area contributed by atoms with Gasteiger partial charge in [-0.2, -0.15) is 0 Å². The normalized spacial score (nSPS) is 9.11. The van der Waals surface area contributed by atoms with E-state index in [0.29, 0.717) is 6.42 Å². The van der Waals surface area contributed by atoms with Crippen molar-refractivity contribution in [3.63, 3.8) is 0 Å². The number of unbranched alkanes of at least 4 members (excludes halogenated alkanes) is 1. The van der Waals surface area contributed by atoms with Crippen molar-refractivity contribution < 1.29 is 9.08 Å². The molecule has 0 aliphatic heterocycles. The number of carbonyl (C=O) groups excluding carboxylic acids is 1. The van der Waals surface area contributed by atoms with Gasteiger partial charge in [-0.05, 0) is 12.8 Å². The van der Waals surface area contributed by atoms with Gasteiger partial charge in [-0.1, -0.05) is 15.9 Å². The van der Waals surface area contributed by atoms with Crippen LogP contribution in [0.1, 0.15) is 19.3 Å². The monoisotopic (exact) mass is 214 g/mol. The largest absolute Gasteiger partial charge is 0.348 e. The Hall–Kier alpha value is 0.240. The third-order valence-corrected chi connectivity index (χ3v) is 1.58. The summed E-state index contributed by atoms with van der Waals surface area (Å²) in [5, 5.41) is 0.919. The number of hydrogen-bond acceptors (Lipinski definition) is 2. The van der Waals surface area contributed by atoms with Crippen molar-refractivity contribution in [3.05, 3.63) is 0 Å². The van der Waals surface area contributed by atoms with E-state index in [0.717, 1.165) is 18.2 Å². The maximum absolute atomic E-state index is 10.3. The quantitative estimate of drug-likeness (QED) is 0.531. The van der Waals surface area contributed by atoms with E-state index in [1.165, 1.54) is 0 Å². The van der Waals surface area contributed by atoms with Gasteiger partial charge < -0.3 is 4.29 Å². The van der Waals surface area contributed by atoms with Gasteiger partial charge >= 0.3 is 5.97 Å². The first kappa shape index (κ1) is 9.24. The molecule has 9 heavy (non-hydrogen) atoms. The number of halogens is 2. The summed E-state index contributed by atoms with van der Waals surface area (Å²) in [4.78, 5) is 10.3. The van der Waals surface area contributed by atoms with Crippen LogP contribution in [-0.2, 0) is 9.08 Å². The Kier molecular flexibility index (Phi) is 6.53. The zero-order valence-electron chi connectivity index (χ0n) is 4.90. The first-order valence-electron chi connectivity index (χ1n) is 2.68. The minimum atomic E-state index is -0.349. The zero-order valence-corrected chi connectivity index (χ0v) is 7.24. The van der Waals surface area contributed by atoms with Crippen LogP contribution < -0.4 is 0 Å². The Morgan fingerprint density at radius 2 is 2.22 bits per heavy atom. The van der Waals surface area contributed by atoms with Crippen LogP contribution >= 0.6 is 27.8 Å². The Morgan fingerprint density at radius 1 is 1.56 bits per heavy atom. The number of carbonyl (C=O) groups is 1. The van der Waals surface area contributed by atoms with Crippen LogP contribution in [0.2, 0.25) is 0 Å². The van der Waals surface area contributed by atoms with Gasteiger partial charge in [0.05, 0.1) is 0 Å². The molecule has 0 spiro atoms. The maximum atomic E-state index is 10.3. The van der Waals surface area contributed by atoms with Crippen molar-refractivity contribution in [3.8, 4) is 0 Å². The second kappa shape index (κ2) is 6.36. The van der Waals surface area contributed by atoms with Gasteiger partial charge in [0.2, 0.25) is 0 Å². The van der Waals surface area contributed by atoms with Gasteiger partial charge in [-0.15, -0.1) is 0 Å². The van der Waals surface area contributed by atoms with E-state index < -0.39 is 0 Å². The van der Waals surface area contributed by atoms with Crippen LogP contribution in [0.4, 0.5) is 0 Å². The van der Waals surface area contributed by atoms with Crippen LogP contribution in [-0.4, -0.2) is 11.3 Å². The molecule has 0 radical (unpaired) electrons. The van der Waals surface area contributed by atoms with E-state index in [2.05, 4.69) is 20.2 Å². The van der Waals surface area contributed by atoms with E-state index in [-0.39, 0.29) is 5.97 Å². The first-order chi connectivity index (χ1) is 4.31. The Morgan fingerprint density at radius 3 is 2.67 bits per heavy atom. The molecule has 0 saturated heterocycles. The highest BCUT2D eigenvalue weighted by Crippen LogP contribution is 2.00. The molecule has 0 rings (SSSR count). The molecule has 0 aromatic carbocycles. The minimum absolute atomic E-state index is 0.349. The van der Waals surface area contributed by atoms with Crippen molar-refractivity contribution in [2.45, 2.75) is 19.3 Å². The molecule has 0 heterocycles. The molecule has 0 amide bonds. The summed E-state index contributed by atoms with van der Waals surface area (Å²) in [6.45, 7) is 0. The van der Waals surface area contributed by atoms with Gasteiger partial charge in [-0.3, -0.25) is 4.79 Å². The van der Waals surface area contributed by atoms with E-state index in [1.807, 2.05) is 0 Å². The van der Waals surface area contributed by atoms with E-state index in [9.17, 15) is 4.79 Å². The summed E-state index contributed by atoms with van der Waals surface area (Å²) in [7, 11) is 0. The van der Waals surface area contributed by atoms with Crippen LogP contribution in [0, 0.1) is 0 Å². The average Bonchev–Trinajstić information content (AvgIpc) is 1.89. The molecule has 0 aromatic rings. The lowest BCUT2D eigenvalue weighted by Crippen LogP contribution is -1.95. The van der Waals surface area contributed by atoms with Gasteiger partial charge in [0.1, 0.15) is 11.9 Å². The van der Waals surface area contributed by atoms with Crippen LogP contribution in [0.15, 0.2) is 0 Å². The zero-order chi connectivity index (χ0) is 7.11. The fourth-order valence-electron chi connectivity index (χ4n) is 0.402. The molecule has 0 aromatic heterocycles. The predicted molar refractivity (Wildman–Crippen MR) is 39.6 cm³/mol. The van der Waals surface area contributed by atoms with Crippen molar-refractivity contribution in [2.75, 3.05) is 5.33 Å². The molecular weight excluding hydrogens is 207 g/mol. The SMILES string of the molecule is O=C(CCCCBr)OCl. The van der Waals surface area contributed by atoms with Gasteiger partial charge in [-0.25, -0.2) is 0 Å². The van der Waals surface area contributed by atoms with E-state index in [4.69, 9.17) is 11.9 Å². The summed E-state index contributed by atoms with van der Waals surface area (Å²) < 4.78 is 3.91. The highest BCUT2D eigenvalue weighted by molar-refractivity contribution is 9.09. The molecule has 0 saturated carbocycles. The molecule has 0 unspecified atom stereocenters.